The van der Waals surface area contributed by atoms with Crippen LogP contribution in [0.3, 0.4) is 0 Å². The molecule has 3 aromatic heterocycles. The van der Waals surface area contributed by atoms with Gasteiger partial charge in [-0.25, -0.2) is 9.50 Å². The predicted octanol–water partition coefficient (Wildman–Crippen LogP) is 2.05. The minimum Gasteiger partial charge on any atom is -0.344 e. The molecule has 120 valence electrons. The van der Waals surface area contributed by atoms with E-state index in [0.717, 1.165) is 23.6 Å². The topological polar surface area (TPSA) is 77.1 Å². The number of nitrogens with one attached hydrogen (secondary N) is 1. The summed E-state index contributed by atoms with van der Waals surface area (Å²) in [6.07, 6.45) is 3.46. The number of fused-ring (bicyclic) bond motifs is 1. The molecule has 1 N–H and O–H groups in total. The zero-order valence-electron chi connectivity index (χ0n) is 13.7. The number of carbonyl (C=O) groups excluding carboxylic acids is 1. The van der Waals surface area contributed by atoms with E-state index in [-0.39, 0.29) is 11.9 Å². The molecule has 0 aliphatic rings. The summed E-state index contributed by atoms with van der Waals surface area (Å²) < 4.78 is 3.51. The molecule has 1 atom stereocenters. The first kappa shape index (κ1) is 15.2. The second-order valence-electron chi connectivity index (χ2n) is 5.62. The quantitative estimate of drug-likeness (QED) is 0.800. The minimum atomic E-state index is -0.198. The highest BCUT2D eigenvalue weighted by Crippen LogP contribution is 2.14. The first-order valence-electron chi connectivity index (χ1n) is 7.65. The SMILES string of the molecule is CCn1ccc(C(C)NC(=O)c2cnn3c(C)cc(C)nc23)n1. The summed E-state index contributed by atoms with van der Waals surface area (Å²) >= 11 is 0. The van der Waals surface area contributed by atoms with Crippen molar-refractivity contribution in [2.24, 2.45) is 0 Å². The van der Waals surface area contributed by atoms with Gasteiger partial charge in [0.2, 0.25) is 0 Å². The average Bonchev–Trinajstić information content (AvgIpc) is 3.13. The zero-order chi connectivity index (χ0) is 16.6. The van der Waals surface area contributed by atoms with E-state index >= 15 is 0 Å². The molecule has 0 aromatic carbocycles. The molecule has 0 fully saturated rings. The third-order valence-electron chi connectivity index (χ3n) is 3.80. The molecule has 0 saturated heterocycles. The molecule has 3 rings (SSSR count). The fraction of sp³-hybridized carbons (Fsp3) is 0.375. The maximum Gasteiger partial charge on any atom is 0.257 e. The smallest absolute Gasteiger partial charge is 0.257 e. The Morgan fingerprint density at radius 2 is 2.17 bits per heavy atom. The lowest BCUT2D eigenvalue weighted by molar-refractivity contribution is 0.0940. The molecule has 0 spiro atoms. The van der Waals surface area contributed by atoms with Gasteiger partial charge in [0.25, 0.3) is 5.91 Å². The molecule has 0 aliphatic carbocycles. The van der Waals surface area contributed by atoms with Crippen LogP contribution < -0.4 is 5.32 Å². The highest BCUT2D eigenvalue weighted by atomic mass is 16.1. The van der Waals surface area contributed by atoms with E-state index in [2.05, 4.69) is 20.5 Å². The largest absolute Gasteiger partial charge is 0.344 e. The number of hydrogen-bond acceptors (Lipinski definition) is 4. The van der Waals surface area contributed by atoms with E-state index in [1.165, 1.54) is 0 Å². The molecular formula is C16H20N6O. The monoisotopic (exact) mass is 312 g/mol. The molecule has 3 heterocycles. The summed E-state index contributed by atoms with van der Waals surface area (Å²) in [5.74, 6) is -0.198. The van der Waals surface area contributed by atoms with Crippen LogP contribution in [0.4, 0.5) is 0 Å². The van der Waals surface area contributed by atoms with E-state index < -0.39 is 0 Å². The van der Waals surface area contributed by atoms with Crippen LogP contribution in [0.15, 0.2) is 24.5 Å². The summed E-state index contributed by atoms with van der Waals surface area (Å²) in [6, 6.07) is 3.66. The van der Waals surface area contributed by atoms with Crippen molar-refractivity contribution in [2.75, 3.05) is 0 Å². The van der Waals surface area contributed by atoms with E-state index in [0.29, 0.717) is 11.2 Å². The summed E-state index contributed by atoms with van der Waals surface area (Å²) in [5.41, 5.74) is 3.68. The van der Waals surface area contributed by atoms with Crippen LogP contribution in [-0.4, -0.2) is 30.3 Å². The van der Waals surface area contributed by atoms with Crippen molar-refractivity contribution >= 4 is 11.6 Å². The second kappa shape index (κ2) is 5.83. The van der Waals surface area contributed by atoms with Crippen molar-refractivity contribution in [2.45, 2.75) is 40.3 Å². The number of aryl methyl sites for hydroxylation is 3. The molecule has 0 aliphatic heterocycles. The lowest BCUT2D eigenvalue weighted by Crippen LogP contribution is -2.27. The molecule has 7 nitrogen and oxygen atoms in total. The fourth-order valence-corrected chi connectivity index (χ4v) is 2.56. The van der Waals surface area contributed by atoms with Crippen LogP contribution in [0, 0.1) is 13.8 Å². The van der Waals surface area contributed by atoms with Crippen LogP contribution in [0.5, 0.6) is 0 Å². The number of nitrogens with zero attached hydrogens (tertiary/aromatic N) is 5. The van der Waals surface area contributed by atoms with E-state index in [9.17, 15) is 4.79 Å². The molecule has 1 amide bonds. The minimum absolute atomic E-state index is 0.184. The zero-order valence-corrected chi connectivity index (χ0v) is 13.7. The number of amides is 1. The van der Waals surface area contributed by atoms with Crippen molar-refractivity contribution in [3.8, 4) is 0 Å². The van der Waals surface area contributed by atoms with Gasteiger partial charge in [0.15, 0.2) is 5.65 Å². The predicted molar refractivity (Wildman–Crippen MR) is 86.2 cm³/mol. The van der Waals surface area contributed by atoms with Gasteiger partial charge in [-0.15, -0.1) is 0 Å². The summed E-state index contributed by atoms with van der Waals surface area (Å²) in [6.45, 7) is 8.58. The molecule has 1 unspecified atom stereocenters. The number of hydrogen-bond donors (Lipinski definition) is 1. The lowest BCUT2D eigenvalue weighted by atomic mass is 10.2. The summed E-state index contributed by atoms with van der Waals surface area (Å²) in [7, 11) is 0. The lowest BCUT2D eigenvalue weighted by Gasteiger charge is -2.11. The Morgan fingerprint density at radius 3 is 2.87 bits per heavy atom. The average molecular weight is 312 g/mol. The van der Waals surface area contributed by atoms with Crippen LogP contribution in [0.1, 0.15) is 47.3 Å². The maximum atomic E-state index is 12.6. The van der Waals surface area contributed by atoms with Crippen LogP contribution in [0.25, 0.3) is 5.65 Å². The van der Waals surface area contributed by atoms with Gasteiger partial charge >= 0.3 is 0 Å². The van der Waals surface area contributed by atoms with E-state index in [1.54, 1.807) is 10.7 Å². The Morgan fingerprint density at radius 1 is 1.39 bits per heavy atom. The Kier molecular flexibility index (Phi) is 3.85. The number of aromatic nitrogens is 5. The van der Waals surface area contributed by atoms with Gasteiger partial charge in [0, 0.05) is 24.1 Å². The third kappa shape index (κ3) is 2.81. The van der Waals surface area contributed by atoms with Gasteiger partial charge in [-0.05, 0) is 39.8 Å². The summed E-state index contributed by atoms with van der Waals surface area (Å²) in [5, 5.41) is 11.6. The van der Waals surface area contributed by atoms with Gasteiger partial charge < -0.3 is 5.32 Å². The maximum absolute atomic E-state index is 12.6. The van der Waals surface area contributed by atoms with Crippen molar-refractivity contribution in [3.63, 3.8) is 0 Å². The molecule has 7 heteroatoms. The van der Waals surface area contributed by atoms with Crippen molar-refractivity contribution in [1.29, 1.82) is 0 Å². The van der Waals surface area contributed by atoms with Gasteiger partial charge in [0.1, 0.15) is 5.56 Å². The Labute approximate surface area is 134 Å². The Bertz CT molecular complexity index is 863. The number of carbonyl (C=O) groups is 1. The van der Waals surface area contributed by atoms with Gasteiger partial charge in [-0.3, -0.25) is 9.48 Å². The van der Waals surface area contributed by atoms with Crippen molar-refractivity contribution in [3.05, 3.63) is 47.2 Å². The summed E-state index contributed by atoms with van der Waals surface area (Å²) in [4.78, 5) is 17.0. The van der Waals surface area contributed by atoms with Gasteiger partial charge in [-0.2, -0.15) is 10.2 Å². The van der Waals surface area contributed by atoms with E-state index in [4.69, 9.17) is 0 Å². The van der Waals surface area contributed by atoms with Crippen molar-refractivity contribution < 1.29 is 4.79 Å². The highest BCUT2D eigenvalue weighted by molar-refractivity contribution is 5.99. The highest BCUT2D eigenvalue weighted by Gasteiger charge is 2.18. The molecule has 3 aromatic rings. The Hall–Kier alpha value is -2.70. The molecular weight excluding hydrogens is 292 g/mol. The molecule has 23 heavy (non-hydrogen) atoms. The van der Waals surface area contributed by atoms with E-state index in [1.807, 2.05) is 50.7 Å². The molecule has 0 saturated carbocycles. The van der Waals surface area contributed by atoms with Gasteiger partial charge in [-0.1, -0.05) is 0 Å². The standard InChI is InChI=1S/C16H20N6O/c1-5-21-7-6-14(20-21)12(4)19-16(23)13-9-17-22-11(3)8-10(2)18-15(13)22/h6-9,12H,5H2,1-4H3,(H,19,23). The normalized spacial score (nSPS) is 12.5. The first-order chi connectivity index (χ1) is 11.0. The Balaban J connectivity index is 1.86. The van der Waals surface area contributed by atoms with Crippen molar-refractivity contribution in [1.82, 2.24) is 29.7 Å². The van der Waals surface area contributed by atoms with Crippen LogP contribution in [0.2, 0.25) is 0 Å². The van der Waals surface area contributed by atoms with Gasteiger partial charge in [0.05, 0.1) is 17.9 Å². The molecule has 0 radical (unpaired) electrons. The fourth-order valence-electron chi connectivity index (χ4n) is 2.56. The van der Waals surface area contributed by atoms with Crippen LogP contribution >= 0.6 is 0 Å². The first-order valence-corrected chi connectivity index (χ1v) is 7.65. The second-order valence-corrected chi connectivity index (χ2v) is 5.62. The number of rotatable bonds is 4. The molecule has 0 bridgehead atoms. The van der Waals surface area contributed by atoms with Crippen LogP contribution in [-0.2, 0) is 6.54 Å². The third-order valence-corrected chi connectivity index (χ3v) is 3.80.